The molecule has 1 aliphatic heterocycles. The van der Waals surface area contributed by atoms with Crippen molar-refractivity contribution in [1.82, 2.24) is 19.0 Å². The van der Waals surface area contributed by atoms with E-state index in [1.807, 2.05) is 19.2 Å². The maximum atomic E-state index is 13.3. The van der Waals surface area contributed by atoms with Gasteiger partial charge in [-0.05, 0) is 57.2 Å². The summed E-state index contributed by atoms with van der Waals surface area (Å²) in [5.41, 5.74) is 1.65. The van der Waals surface area contributed by atoms with Crippen LogP contribution in [-0.2, 0) is 21.9 Å². The highest BCUT2D eigenvalue weighted by atomic mass is 32.2. The number of aryl methyl sites for hydroxylation is 1. The quantitative estimate of drug-likeness (QED) is 0.760. The Labute approximate surface area is 177 Å². The molecule has 1 aromatic heterocycles. The monoisotopic (exact) mass is 438 g/mol. The van der Waals surface area contributed by atoms with Gasteiger partial charge in [0.05, 0.1) is 12.8 Å². The molecule has 0 spiro atoms. The van der Waals surface area contributed by atoms with Gasteiger partial charge in [0, 0.05) is 38.8 Å². The third-order valence-electron chi connectivity index (χ3n) is 5.14. The number of methoxy groups -OCH3 is 1. The first-order valence-electron chi connectivity index (χ1n) is 9.60. The Morgan fingerprint density at radius 1 is 1.23 bits per heavy atom. The lowest BCUT2D eigenvalue weighted by Crippen LogP contribution is -2.44. The van der Waals surface area contributed by atoms with E-state index in [0.717, 1.165) is 44.1 Å². The minimum absolute atomic E-state index is 0.00117. The Morgan fingerprint density at radius 2 is 1.83 bits per heavy atom. The smallest absolute Gasteiger partial charge is 0.300 e. The fourth-order valence-electron chi connectivity index (χ4n) is 3.40. The topological polar surface area (TPSA) is 105 Å². The molecule has 0 bridgehead atoms. The van der Waals surface area contributed by atoms with Crippen molar-refractivity contribution in [2.45, 2.75) is 30.7 Å². The van der Waals surface area contributed by atoms with E-state index in [2.05, 4.69) is 17.0 Å². The van der Waals surface area contributed by atoms with Crippen LogP contribution < -0.4 is 4.74 Å². The van der Waals surface area contributed by atoms with Crippen molar-refractivity contribution >= 4 is 16.0 Å². The molecule has 0 radical (unpaired) electrons. The lowest BCUT2D eigenvalue weighted by Gasteiger charge is -2.34. The predicted octanol–water partition coefficient (Wildman–Crippen LogP) is 1.90. The number of carboxylic acid groups (broad SMARTS) is 1. The molecular formula is C20H30N4O5S. The second kappa shape index (κ2) is 10.1. The Morgan fingerprint density at radius 3 is 2.33 bits per heavy atom. The van der Waals surface area contributed by atoms with Crippen LogP contribution in [0.15, 0.2) is 35.4 Å². The summed E-state index contributed by atoms with van der Waals surface area (Å²) >= 11 is 0. The molecule has 1 fully saturated rings. The summed E-state index contributed by atoms with van der Waals surface area (Å²) in [4.78, 5) is 11.4. The molecule has 0 saturated carbocycles. The number of ether oxygens (including phenoxy) is 1. The van der Waals surface area contributed by atoms with E-state index in [1.165, 1.54) is 11.4 Å². The van der Waals surface area contributed by atoms with Gasteiger partial charge in [0.15, 0.2) is 0 Å². The highest BCUT2D eigenvalue weighted by molar-refractivity contribution is 7.89. The van der Waals surface area contributed by atoms with Gasteiger partial charge in [0.1, 0.15) is 10.6 Å². The maximum Gasteiger partial charge on any atom is 0.300 e. The number of sulfonamides is 1. The molecular weight excluding hydrogens is 408 g/mol. The second-order valence-electron chi connectivity index (χ2n) is 7.28. The van der Waals surface area contributed by atoms with Gasteiger partial charge in [0.25, 0.3) is 5.97 Å². The Bertz CT molecular complexity index is 961. The summed E-state index contributed by atoms with van der Waals surface area (Å²) in [5, 5.41) is 11.6. The Hall–Kier alpha value is -2.43. The van der Waals surface area contributed by atoms with Gasteiger partial charge in [-0.15, -0.1) is 0 Å². The van der Waals surface area contributed by atoms with Crippen LogP contribution in [0.2, 0.25) is 0 Å². The third-order valence-corrected chi connectivity index (χ3v) is 7.07. The van der Waals surface area contributed by atoms with Gasteiger partial charge in [-0.2, -0.15) is 9.40 Å². The molecule has 0 atom stereocenters. The van der Waals surface area contributed by atoms with Crippen LogP contribution in [0.4, 0.5) is 0 Å². The predicted molar refractivity (Wildman–Crippen MR) is 114 cm³/mol. The number of benzene rings is 1. The Balaban J connectivity index is 0.000000735. The molecule has 9 nitrogen and oxygen atoms in total. The standard InChI is InChI=1S/C18H26N4O3S.C2H4O2/c1-20-11-8-15(9-12-20)22(3)26(23,24)18-13-14(5-6-17(18)25-4)16-7-10-19-21(16)2;1-2(3)4/h5-7,10,13,15H,8-9,11-12H2,1-4H3;1H3,(H,3,4). The normalized spacial score (nSPS) is 15.5. The van der Waals surface area contributed by atoms with Crippen molar-refractivity contribution in [3.63, 3.8) is 0 Å². The summed E-state index contributed by atoms with van der Waals surface area (Å²) < 4.78 is 35.2. The molecule has 166 valence electrons. The summed E-state index contributed by atoms with van der Waals surface area (Å²) in [5.74, 6) is -0.476. The number of carboxylic acids is 1. The van der Waals surface area contributed by atoms with E-state index in [4.69, 9.17) is 14.6 Å². The van der Waals surface area contributed by atoms with Gasteiger partial charge in [-0.3, -0.25) is 9.48 Å². The average molecular weight is 439 g/mol. The van der Waals surface area contributed by atoms with E-state index < -0.39 is 16.0 Å². The molecule has 1 aromatic carbocycles. The molecule has 0 amide bonds. The van der Waals surface area contributed by atoms with Crippen molar-refractivity contribution in [1.29, 1.82) is 0 Å². The number of likely N-dealkylation sites (tertiary alicyclic amines) is 1. The first-order valence-corrected chi connectivity index (χ1v) is 11.0. The molecule has 3 rings (SSSR count). The lowest BCUT2D eigenvalue weighted by molar-refractivity contribution is -0.134. The summed E-state index contributed by atoms with van der Waals surface area (Å²) in [6.07, 6.45) is 3.35. The molecule has 0 aliphatic carbocycles. The van der Waals surface area contributed by atoms with Crippen LogP contribution >= 0.6 is 0 Å². The van der Waals surface area contributed by atoms with E-state index in [-0.39, 0.29) is 10.9 Å². The van der Waals surface area contributed by atoms with E-state index >= 15 is 0 Å². The molecule has 1 saturated heterocycles. The van der Waals surface area contributed by atoms with Crippen molar-refractivity contribution in [2.24, 2.45) is 7.05 Å². The van der Waals surface area contributed by atoms with Gasteiger partial charge in [-0.1, -0.05) is 0 Å². The number of nitrogens with zero attached hydrogens (tertiary/aromatic N) is 4. The molecule has 30 heavy (non-hydrogen) atoms. The lowest BCUT2D eigenvalue weighted by atomic mass is 10.1. The van der Waals surface area contributed by atoms with Crippen LogP contribution in [0.3, 0.4) is 0 Å². The van der Waals surface area contributed by atoms with Gasteiger partial charge >= 0.3 is 0 Å². The highest BCUT2D eigenvalue weighted by Gasteiger charge is 2.32. The van der Waals surface area contributed by atoms with Crippen LogP contribution in [0.5, 0.6) is 5.75 Å². The number of aliphatic carboxylic acids is 1. The van der Waals surface area contributed by atoms with Crippen molar-refractivity contribution in [2.75, 3.05) is 34.3 Å². The molecule has 10 heteroatoms. The third kappa shape index (κ3) is 5.59. The molecule has 2 heterocycles. The van der Waals surface area contributed by atoms with Crippen LogP contribution in [-0.4, -0.2) is 78.8 Å². The second-order valence-corrected chi connectivity index (χ2v) is 9.25. The molecule has 2 aromatic rings. The van der Waals surface area contributed by atoms with Crippen LogP contribution in [0.25, 0.3) is 11.3 Å². The number of piperidine rings is 1. The molecule has 0 unspecified atom stereocenters. The van der Waals surface area contributed by atoms with Crippen molar-refractivity contribution < 1.29 is 23.1 Å². The summed E-state index contributed by atoms with van der Waals surface area (Å²) in [7, 11) is 3.39. The minimum Gasteiger partial charge on any atom is -0.495 e. The number of rotatable bonds is 5. The fraction of sp³-hybridized carbons (Fsp3) is 0.500. The van der Waals surface area contributed by atoms with Gasteiger partial charge in [0.2, 0.25) is 10.0 Å². The van der Waals surface area contributed by atoms with E-state index in [9.17, 15) is 8.42 Å². The number of hydrogen-bond donors (Lipinski definition) is 1. The zero-order valence-corrected chi connectivity index (χ0v) is 18.9. The number of carbonyl (C=O) groups is 1. The molecule has 1 N–H and O–H groups in total. The summed E-state index contributed by atoms with van der Waals surface area (Å²) in [6, 6.07) is 7.10. The highest BCUT2D eigenvalue weighted by Crippen LogP contribution is 2.33. The van der Waals surface area contributed by atoms with E-state index in [1.54, 1.807) is 30.1 Å². The van der Waals surface area contributed by atoms with Crippen LogP contribution in [0.1, 0.15) is 19.8 Å². The first kappa shape index (κ1) is 23.8. The van der Waals surface area contributed by atoms with Crippen molar-refractivity contribution in [3.8, 4) is 17.0 Å². The zero-order valence-electron chi connectivity index (χ0n) is 18.1. The zero-order chi connectivity index (χ0) is 22.5. The maximum absolute atomic E-state index is 13.3. The summed E-state index contributed by atoms with van der Waals surface area (Å²) in [6.45, 7) is 2.88. The Kier molecular flexibility index (Phi) is 7.99. The SMILES string of the molecule is CC(=O)O.COc1ccc(-c2ccnn2C)cc1S(=O)(=O)N(C)C1CCN(C)CC1. The van der Waals surface area contributed by atoms with Crippen LogP contribution in [0, 0.1) is 0 Å². The number of hydrogen-bond acceptors (Lipinski definition) is 6. The van der Waals surface area contributed by atoms with Gasteiger partial charge in [-0.25, -0.2) is 8.42 Å². The average Bonchev–Trinajstić information content (AvgIpc) is 3.13. The van der Waals surface area contributed by atoms with Crippen molar-refractivity contribution in [3.05, 3.63) is 30.5 Å². The number of aromatic nitrogens is 2. The fourth-order valence-corrected chi connectivity index (χ4v) is 5.00. The van der Waals surface area contributed by atoms with Gasteiger partial charge < -0.3 is 14.7 Å². The minimum atomic E-state index is -3.67. The first-order chi connectivity index (χ1) is 14.1. The molecule has 1 aliphatic rings. The largest absolute Gasteiger partial charge is 0.495 e. The van der Waals surface area contributed by atoms with E-state index in [0.29, 0.717) is 5.75 Å².